The van der Waals surface area contributed by atoms with Gasteiger partial charge in [-0.15, -0.1) is 0 Å². The molecule has 4 atom stereocenters. The zero-order valence-corrected chi connectivity index (χ0v) is 27.3. The van der Waals surface area contributed by atoms with Gasteiger partial charge in [0.25, 0.3) is 5.56 Å². The van der Waals surface area contributed by atoms with Gasteiger partial charge in [-0.3, -0.25) is 23.7 Å². The fourth-order valence-electron chi connectivity index (χ4n) is 5.59. The highest BCUT2D eigenvalue weighted by Gasteiger charge is 2.49. The van der Waals surface area contributed by atoms with Crippen LogP contribution in [-0.4, -0.2) is 55.3 Å². The summed E-state index contributed by atoms with van der Waals surface area (Å²) < 4.78 is 27.8. The number of aromatic amines is 1. The molecular formula is C31H55N2O10P. The van der Waals surface area contributed by atoms with Crippen LogP contribution in [0.5, 0.6) is 0 Å². The summed E-state index contributed by atoms with van der Waals surface area (Å²) >= 11 is 0. The molecule has 1 aromatic heterocycles. The van der Waals surface area contributed by atoms with Crippen LogP contribution < -0.4 is 11.2 Å². The zero-order chi connectivity index (χ0) is 32.2. The van der Waals surface area contributed by atoms with Crippen molar-refractivity contribution in [1.82, 2.24) is 9.55 Å². The topological polar surface area (TPSA) is 177 Å². The highest BCUT2D eigenvalue weighted by atomic mass is 31.2. The number of aromatic nitrogens is 2. The van der Waals surface area contributed by atoms with Crippen molar-refractivity contribution in [3.05, 3.63) is 33.1 Å². The lowest BCUT2D eigenvalue weighted by molar-refractivity contribution is -0.150. The van der Waals surface area contributed by atoms with Crippen molar-refractivity contribution in [3.63, 3.8) is 0 Å². The van der Waals surface area contributed by atoms with E-state index in [1.807, 2.05) is 4.98 Å². The highest BCUT2D eigenvalue weighted by Crippen LogP contribution is 2.43. The fourth-order valence-corrected chi connectivity index (χ4v) is 6.17. The molecule has 2 rings (SSSR count). The molecule has 13 heteroatoms. The Morgan fingerprint density at radius 3 is 1.80 bits per heavy atom. The second kappa shape index (κ2) is 21.8. The first-order valence-corrected chi connectivity index (χ1v) is 18.2. The number of unbranched alkanes of at least 4 members (excludes halogenated alkanes) is 18. The molecule has 0 unspecified atom stereocenters. The molecule has 0 bridgehead atoms. The monoisotopic (exact) mass is 646 g/mol. The molecule has 1 aliphatic heterocycles. The largest absolute Gasteiger partial charge is 0.470 e. The molecule has 2 heterocycles. The van der Waals surface area contributed by atoms with Gasteiger partial charge in [0.2, 0.25) is 0 Å². The number of nitrogens with one attached hydrogen (secondary N) is 1. The van der Waals surface area contributed by atoms with E-state index in [0.29, 0.717) is 6.42 Å². The Bertz CT molecular complexity index is 1090. The molecule has 4 N–H and O–H groups in total. The van der Waals surface area contributed by atoms with E-state index in [1.165, 1.54) is 96.3 Å². The van der Waals surface area contributed by atoms with E-state index in [1.54, 1.807) is 0 Å². The summed E-state index contributed by atoms with van der Waals surface area (Å²) in [6, 6.07) is 1.03. The van der Waals surface area contributed by atoms with Gasteiger partial charge in [0.15, 0.2) is 6.23 Å². The normalized spacial score (nSPS) is 20.3. The van der Waals surface area contributed by atoms with Crippen LogP contribution in [0.2, 0.25) is 0 Å². The van der Waals surface area contributed by atoms with Gasteiger partial charge in [0.05, 0.1) is 0 Å². The number of carbonyl (C=O) groups is 1. The Hall–Kier alpha value is -1.82. The van der Waals surface area contributed by atoms with Crippen molar-refractivity contribution in [2.45, 2.75) is 160 Å². The van der Waals surface area contributed by atoms with Gasteiger partial charge in [0.1, 0.15) is 24.9 Å². The summed E-state index contributed by atoms with van der Waals surface area (Å²) in [5, 5.41) is 10.6. The van der Waals surface area contributed by atoms with E-state index in [9.17, 15) is 33.8 Å². The molecule has 0 saturated carbocycles. The van der Waals surface area contributed by atoms with Crippen LogP contribution in [0.15, 0.2) is 21.9 Å². The van der Waals surface area contributed by atoms with Gasteiger partial charge in [-0.25, -0.2) is 9.36 Å². The maximum absolute atomic E-state index is 12.3. The minimum Gasteiger partial charge on any atom is -0.463 e. The first kappa shape index (κ1) is 38.4. The number of carbonyl (C=O) groups excluding carboxylic acids is 1. The predicted octanol–water partition coefficient (Wildman–Crippen LogP) is 5.64. The fraction of sp³-hybridized carbons (Fsp3) is 0.839. The van der Waals surface area contributed by atoms with E-state index in [2.05, 4.69) is 11.4 Å². The minimum atomic E-state index is -5.05. The SMILES string of the molecule is CCCCCCCCCCCCCCCCCCCCCC(=O)OC[C@H]1O[C@@H](n2ccc(=O)[nH]c2=O)[C@H](O)[C@@H]1OP(=O)(O)O. The van der Waals surface area contributed by atoms with Crippen LogP contribution in [0.1, 0.15) is 142 Å². The van der Waals surface area contributed by atoms with Gasteiger partial charge < -0.3 is 24.4 Å². The molecule has 254 valence electrons. The van der Waals surface area contributed by atoms with E-state index in [0.717, 1.165) is 36.1 Å². The lowest BCUT2D eigenvalue weighted by Crippen LogP contribution is -2.38. The van der Waals surface area contributed by atoms with Crippen molar-refractivity contribution in [3.8, 4) is 0 Å². The Kier molecular flexibility index (Phi) is 19.0. The molecule has 0 amide bonds. The van der Waals surface area contributed by atoms with Crippen molar-refractivity contribution in [2.75, 3.05) is 6.61 Å². The number of aliphatic hydroxyl groups is 1. The number of ether oxygens (including phenoxy) is 2. The van der Waals surface area contributed by atoms with E-state index in [4.69, 9.17) is 9.47 Å². The maximum Gasteiger partial charge on any atom is 0.470 e. The van der Waals surface area contributed by atoms with Crippen molar-refractivity contribution < 1.29 is 38.3 Å². The smallest absolute Gasteiger partial charge is 0.463 e. The second-order valence-corrected chi connectivity index (χ2v) is 13.1. The number of esters is 1. The highest BCUT2D eigenvalue weighted by molar-refractivity contribution is 7.46. The Morgan fingerprint density at radius 2 is 1.34 bits per heavy atom. The Balaban J connectivity index is 1.52. The van der Waals surface area contributed by atoms with Crippen molar-refractivity contribution in [1.29, 1.82) is 0 Å². The van der Waals surface area contributed by atoms with E-state index in [-0.39, 0.29) is 6.42 Å². The number of nitrogens with zero attached hydrogens (tertiary/aromatic N) is 1. The summed E-state index contributed by atoms with van der Waals surface area (Å²) in [7, 11) is -5.05. The number of phosphoric acid groups is 1. The number of rotatable bonds is 25. The van der Waals surface area contributed by atoms with Gasteiger partial charge in [-0.05, 0) is 6.42 Å². The average Bonchev–Trinajstić information content (AvgIpc) is 3.26. The van der Waals surface area contributed by atoms with Crippen LogP contribution >= 0.6 is 7.82 Å². The quantitative estimate of drug-likeness (QED) is 0.0591. The van der Waals surface area contributed by atoms with Crippen molar-refractivity contribution >= 4 is 13.8 Å². The Labute approximate surface area is 261 Å². The summed E-state index contributed by atoms with van der Waals surface area (Å²) in [6.07, 6.45) is 19.2. The zero-order valence-electron chi connectivity index (χ0n) is 26.4. The van der Waals surface area contributed by atoms with E-state index < -0.39 is 56.2 Å². The molecule has 1 fully saturated rings. The lowest BCUT2D eigenvalue weighted by atomic mass is 10.0. The van der Waals surface area contributed by atoms with Crippen LogP contribution in [0, 0.1) is 0 Å². The molecule has 1 aliphatic rings. The van der Waals surface area contributed by atoms with Crippen molar-refractivity contribution in [2.24, 2.45) is 0 Å². The maximum atomic E-state index is 12.3. The summed E-state index contributed by atoms with van der Waals surface area (Å²) in [6.45, 7) is 1.82. The van der Waals surface area contributed by atoms with E-state index >= 15 is 0 Å². The first-order chi connectivity index (χ1) is 21.1. The molecule has 1 saturated heterocycles. The summed E-state index contributed by atoms with van der Waals surface area (Å²) in [5.41, 5.74) is -1.56. The van der Waals surface area contributed by atoms with Crippen LogP contribution in [0.25, 0.3) is 0 Å². The molecule has 0 spiro atoms. The molecule has 44 heavy (non-hydrogen) atoms. The van der Waals surface area contributed by atoms with Crippen LogP contribution in [0.4, 0.5) is 0 Å². The third-order valence-corrected chi connectivity index (χ3v) is 8.60. The third-order valence-electron chi connectivity index (χ3n) is 8.09. The number of hydrogen-bond acceptors (Lipinski definition) is 8. The molecule has 0 aliphatic carbocycles. The molecule has 12 nitrogen and oxygen atoms in total. The van der Waals surface area contributed by atoms with Crippen LogP contribution in [0.3, 0.4) is 0 Å². The number of H-pyrrole nitrogens is 1. The number of aliphatic hydroxyl groups excluding tert-OH is 1. The van der Waals surface area contributed by atoms with Gasteiger partial charge in [-0.2, -0.15) is 0 Å². The van der Waals surface area contributed by atoms with Gasteiger partial charge in [0, 0.05) is 18.7 Å². The molecule has 0 aromatic carbocycles. The lowest BCUT2D eigenvalue weighted by Gasteiger charge is -2.20. The van der Waals surface area contributed by atoms with Crippen LogP contribution in [-0.2, 0) is 23.4 Å². The molecule has 1 aromatic rings. The first-order valence-electron chi connectivity index (χ1n) is 16.7. The Morgan fingerprint density at radius 1 is 0.864 bits per heavy atom. The van der Waals surface area contributed by atoms with Gasteiger partial charge in [-0.1, -0.05) is 122 Å². The molecule has 0 radical (unpaired) electrons. The number of phosphoric ester groups is 1. The summed E-state index contributed by atoms with van der Waals surface area (Å²) in [5.74, 6) is -0.505. The third kappa shape index (κ3) is 16.0. The van der Waals surface area contributed by atoms with Gasteiger partial charge >= 0.3 is 19.5 Å². The second-order valence-electron chi connectivity index (χ2n) is 11.9. The summed E-state index contributed by atoms with van der Waals surface area (Å²) in [4.78, 5) is 56.3. The predicted molar refractivity (Wildman–Crippen MR) is 167 cm³/mol. The average molecular weight is 647 g/mol. The minimum absolute atomic E-state index is 0.182. The number of hydrogen-bond donors (Lipinski definition) is 4. The molecular weight excluding hydrogens is 591 g/mol. The standard InChI is InChI=1S/C31H55N2O10P/c1-2-3-4-5-6-7-8-9-10-11-12-13-14-15-16-17-18-19-20-21-27(35)41-24-25-29(43-44(38,39)40)28(36)30(42-25)33-23-22-26(34)32-31(33)37/h22-23,25,28-30,36H,2-21,24H2,1H3,(H,32,34,37)(H2,38,39,40)/t25-,28-,29-,30-/m1/s1.